The molecule has 0 spiro atoms. The molecule has 0 unspecified atom stereocenters. The fourth-order valence-corrected chi connectivity index (χ4v) is 0.879. The highest BCUT2D eigenvalue weighted by Gasteiger charge is 1.95. The first-order valence-corrected chi connectivity index (χ1v) is 3.48. The average molecular weight is 170 g/mol. The number of pyridine rings is 1. The van der Waals surface area contributed by atoms with Crippen molar-refractivity contribution in [3.05, 3.63) is 29.8 Å². The van der Waals surface area contributed by atoms with Gasteiger partial charge in [0.15, 0.2) is 0 Å². The summed E-state index contributed by atoms with van der Waals surface area (Å²) in [7, 11) is 0. The van der Waals surface area contributed by atoms with Gasteiger partial charge >= 0.3 is 0 Å². The van der Waals surface area contributed by atoms with E-state index in [0.29, 0.717) is 11.4 Å². The lowest BCUT2D eigenvalue weighted by Crippen LogP contribution is -2.11. The van der Waals surface area contributed by atoms with E-state index in [2.05, 4.69) is 17.2 Å². The molecule has 58 valence electrons. The number of hydrogen-bond donors (Lipinski definition) is 1. The molecule has 0 saturated heterocycles. The third-order valence-corrected chi connectivity index (χ3v) is 1.31. The molecular formula is C7H7FN2S. The molecule has 0 atom stereocenters. The minimum Gasteiger partial charge on any atom is -0.393 e. The molecule has 1 aromatic heterocycles. The third-order valence-electron chi connectivity index (χ3n) is 1.17. The minimum atomic E-state index is -0.489. The Morgan fingerprint density at radius 1 is 1.64 bits per heavy atom. The molecular weight excluding hydrogens is 163 g/mol. The van der Waals surface area contributed by atoms with Crippen LogP contribution in [0.1, 0.15) is 5.56 Å². The normalized spacial score (nSPS) is 9.55. The second kappa shape index (κ2) is 3.39. The first kappa shape index (κ1) is 8.07. The highest BCUT2D eigenvalue weighted by atomic mass is 32.1. The van der Waals surface area contributed by atoms with Crippen LogP contribution in [0.5, 0.6) is 0 Å². The molecule has 1 rings (SSSR count). The van der Waals surface area contributed by atoms with Gasteiger partial charge in [-0.05, 0) is 11.6 Å². The predicted octanol–water partition coefficient (Wildman–Crippen LogP) is 1.05. The van der Waals surface area contributed by atoms with E-state index < -0.39 is 5.95 Å². The van der Waals surface area contributed by atoms with Gasteiger partial charge in [0, 0.05) is 12.6 Å². The first-order valence-electron chi connectivity index (χ1n) is 3.07. The molecule has 0 aromatic carbocycles. The minimum absolute atomic E-state index is 0.387. The SMILES string of the molecule is NC(=S)Cc1ccc(F)nc1. The first-order chi connectivity index (χ1) is 5.18. The van der Waals surface area contributed by atoms with Crippen molar-refractivity contribution in [2.24, 2.45) is 5.73 Å². The Morgan fingerprint density at radius 2 is 2.36 bits per heavy atom. The Balaban J connectivity index is 2.74. The van der Waals surface area contributed by atoms with Crippen molar-refractivity contribution in [2.75, 3.05) is 0 Å². The van der Waals surface area contributed by atoms with Crippen LogP contribution in [0.3, 0.4) is 0 Å². The van der Waals surface area contributed by atoms with Crippen LogP contribution in [-0.4, -0.2) is 9.97 Å². The zero-order valence-corrected chi connectivity index (χ0v) is 6.57. The topological polar surface area (TPSA) is 38.9 Å². The number of thiocarbonyl (C=S) groups is 1. The standard InChI is InChI=1S/C7H7FN2S/c8-6-2-1-5(4-10-6)3-7(9)11/h1-2,4H,3H2,(H2,9,11). The van der Waals surface area contributed by atoms with E-state index in [0.717, 1.165) is 5.56 Å². The highest BCUT2D eigenvalue weighted by molar-refractivity contribution is 7.80. The van der Waals surface area contributed by atoms with Gasteiger partial charge in [-0.15, -0.1) is 0 Å². The molecule has 0 fully saturated rings. The van der Waals surface area contributed by atoms with Crippen LogP contribution in [0.25, 0.3) is 0 Å². The number of nitrogens with zero attached hydrogens (tertiary/aromatic N) is 1. The molecule has 0 amide bonds. The largest absolute Gasteiger partial charge is 0.393 e. The van der Waals surface area contributed by atoms with Crippen molar-refractivity contribution in [3.8, 4) is 0 Å². The maximum absolute atomic E-state index is 12.2. The summed E-state index contributed by atoms with van der Waals surface area (Å²) in [5, 5.41) is 0. The molecule has 1 heterocycles. The number of rotatable bonds is 2. The van der Waals surface area contributed by atoms with E-state index >= 15 is 0 Å². The maximum atomic E-state index is 12.2. The predicted molar refractivity (Wildman–Crippen MR) is 44.7 cm³/mol. The monoisotopic (exact) mass is 170 g/mol. The molecule has 0 radical (unpaired) electrons. The summed E-state index contributed by atoms with van der Waals surface area (Å²) in [5.41, 5.74) is 6.10. The van der Waals surface area contributed by atoms with Crippen molar-refractivity contribution in [1.82, 2.24) is 4.98 Å². The van der Waals surface area contributed by atoms with Crippen molar-refractivity contribution < 1.29 is 4.39 Å². The van der Waals surface area contributed by atoms with Gasteiger partial charge in [0.25, 0.3) is 0 Å². The lowest BCUT2D eigenvalue weighted by molar-refractivity contribution is 0.583. The summed E-state index contributed by atoms with van der Waals surface area (Å²) in [6.45, 7) is 0. The molecule has 0 bridgehead atoms. The molecule has 2 N–H and O–H groups in total. The van der Waals surface area contributed by atoms with E-state index in [9.17, 15) is 4.39 Å². The Labute approximate surface area is 69.2 Å². The van der Waals surface area contributed by atoms with E-state index in [1.54, 1.807) is 6.07 Å². The summed E-state index contributed by atoms with van der Waals surface area (Å²) in [4.78, 5) is 3.84. The van der Waals surface area contributed by atoms with Gasteiger partial charge in [0.05, 0.1) is 4.99 Å². The zero-order valence-electron chi connectivity index (χ0n) is 5.75. The van der Waals surface area contributed by atoms with Gasteiger partial charge in [-0.1, -0.05) is 18.3 Å². The zero-order chi connectivity index (χ0) is 8.27. The molecule has 1 aromatic rings. The molecule has 11 heavy (non-hydrogen) atoms. The Bertz CT molecular complexity index is 258. The van der Waals surface area contributed by atoms with Crippen molar-refractivity contribution in [2.45, 2.75) is 6.42 Å². The van der Waals surface area contributed by atoms with E-state index in [4.69, 9.17) is 5.73 Å². The number of aromatic nitrogens is 1. The van der Waals surface area contributed by atoms with Crippen LogP contribution in [0.15, 0.2) is 18.3 Å². The molecule has 0 aliphatic heterocycles. The Hall–Kier alpha value is -1.03. The van der Waals surface area contributed by atoms with Crippen LogP contribution in [-0.2, 0) is 6.42 Å². The van der Waals surface area contributed by atoms with Crippen LogP contribution in [0.4, 0.5) is 4.39 Å². The molecule has 4 heteroatoms. The van der Waals surface area contributed by atoms with E-state index in [-0.39, 0.29) is 0 Å². The third kappa shape index (κ3) is 2.59. The quantitative estimate of drug-likeness (QED) is 0.532. The van der Waals surface area contributed by atoms with Crippen molar-refractivity contribution in [1.29, 1.82) is 0 Å². The maximum Gasteiger partial charge on any atom is 0.212 e. The van der Waals surface area contributed by atoms with Gasteiger partial charge in [0.2, 0.25) is 5.95 Å². The summed E-state index contributed by atoms with van der Waals surface area (Å²) < 4.78 is 12.2. The molecule has 2 nitrogen and oxygen atoms in total. The molecule has 0 saturated carbocycles. The average Bonchev–Trinajstić information content (AvgIpc) is 1.93. The van der Waals surface area contributed by atoms with Crippen LogP contribution in [0, 0.1) is 5.95 Å². The number of nitrogens with two attached hydrogens (primary N) is 1. The summed E-state index contributed by atoms with van der Waals surface area (Å²) in [5.74, 6) is -0.489. The lowest BCUT2D eigenvalue weighted by Gasteiger charge is -1.96. The summed E-state index contributed by atoms with van der Waals surface area (Å²) in [6.07, 6.45) is 1.90. The van der Waals surface area contributed by atoms with Crippen LogP contribution >= 0.6 is 12.2 Å². The number of hydrogen-bond acceptors (Lipinski definition) is 2. The molecule has 0 aliphatic carbocycles. The van der Waals surface area contributed by atoms with Gasteiger partial charge in [-0.2, -0.15) is 4.39 Å². The number of halogens is 1. The summed E-state index contributed by atoms with van der Waals surface area (Å²) >= 11 is 4.67. The Kier molecular flexibility index (Phi) is 2.48. The van der Waals surface area contributed by atoms with Gasteiger partial charge in [0.1, 0.15) is 0 Å². The van der Waals surface area contributed by atoms with Gasteiger partial charge < -0.3 is 5.73 Å². The fourth-order valence-electron chi connectivity index (χ4n) is 0.712. The smallest absolute Gasteiger partial charge is 0.212 e. The Morgan fingerprint density at radius 3 is 2.82 bits per heavy atom. The second-order valence-electron chi connectivity index (χ2n) is 2.13. The fraction of sp³-hybridized carbons (Fsp3) is 0.143. The highest BCUT2D eigenvalue weighted by Crippen LogP contribution is 1.99. The van der Waals surface area contributed by atoms with Gasteiger partial charge in [-0.25, -0.2) is 4.98 Å². The lowest BCUT2D eigenvalue weighted by atomic mass is 10.2. The van der Waals surface area contributed by atoms with Crippen LogP contribution < -0.4 is 5.73 Å². The molecule has 0 aliphatic rings. The van der Waals surface area contributed by atoms with E-state index in [1.807, 2.05) is 0 Å². The van der Waals surface area contributed by atoms with Crippen molar-refractivity contribution in [3.63, 3.8) is 0 Å². The van der Waals surface area contributed by atoms with Crippen LogP contribution in [0.2, 0.25) is 0 Å². The van der Waals surface area contributed by atoms with E-state index in [1.165, 1.54) is 12.3 Å². The second-order valence-corrected chi connectivity index (χ2v) is 2.66. The van der Waals surface area contributed by atoms with Gasteiger partial charge in [-0.3, -0.25) is 0 Å². The van der Waals surface area contributed by atoms with Crippen molar-refractivity contribution >= 4 is 17.2 Å². The summed E-state index contributed by atoms with van der Waals surface area (Å²) in [6, 6.07) is 2.90.